The number of rotatable bonds is 0. The molecule has 2 aliphatic heterocycles. The van der Waals surface area contributed by atoms with Crippen LogP contribution in [-0.4, -0.2) is 17.6 Å². The van der Waals surface area contributed by atoms with Gasteiger partial charge in [0.2, 0.25) is 0 Å². The van der Waals surface area contributed by atoms with Gasteiger partial charge in [0.05, 0.1) is 6.04 Å². The fourth-order valence-corrected chi connectivity index (χ4v) is 1.42. The molecule has 2 heterocycles. The molecule has 1 unspecified atom stereocenters. The van der Waals surface area contributed by atoms with Crippen molar-refractivity contribution < 1.29 is 0 Å². The molecule has 3 heteroatoms. The smallest absolute Gasteiger partial charge is 0.0853 e. The third-order valence-corrected chi connectivity index (χ3v) is 1.97. The van der Waals surface area contributed by atoms with E-state index in [9.17, 15) is 0 Å². The Hall–Kier alpha value is -0.960. The fraction of sp³-hybridized carbons (Fsp3) is 0.429. The Kier molecular flexibility index (Phi) is 1.17. The van der Waals surface area contributed by atoms with E-state index in [4.69, 9.17) is 5.73 Å². The molecular formula is C7H11N3. The van der Waals surface area contributed by atoms with E-state index >= 15 is 0 Å². The zero-order chi connectivity index (χ0) is 6.97. The van der Waals surface area contributed by atoms with Gasteiger partial charge in [-0.2, -0.15) is 0 Å². The highest BCUT2D eigenvalue weighted by Crippen LogP contribution is 2.17. The number of hydrogen-bond donors (Lipinski definition) is 2. The van der Waals surface area contributed by atoms with Crippen LogP contribution in [0.2, 0.25) is 0 Å². The minimum atomic E-state index is 0.407. The minimum Gasteiger partial charge on any atom is -0.400 e. The average molecular weight is 137 g/mol. The van der Waals surface area contributed by atoms with E-state index in [1.54, 1.807) is 0 Å². The Bertz CT molecular complexity index is 195. The van der Waals surface area contributed by atoms with Crippen molar-refractivity contribution in [1.29, 1.82) is 0 Å². The third-order valence-electron chi connectivity index (χ3n) is 1.97. The highest BCUT2D eigenvalue weighted by Gasteiger charge is 2.24. The van der Waals surface area contributed by atoms with Crippen molar-refractivity contribution in [3.8, 4) is 0 Å². The van der Waals surface area contributed by atoms with Crippen LogP contribution in [0.15, 0.2) is 24.0 Å². The van der Waals surface area contributed by atoms with Crippen molar-refractivity contribution in [3.63, 3.8) is 0 Å². The number of nitrogens with zero attached hydrogens (tertiary/aromatic N) is 1. The largest absolute Gasteiger partial charge is 0.400 e. The van der Waals surface area contributed by atoms with Gasteiger partial charge in [0.1, 0.15) is 0 Å². The summed E-state index contributed by atoms with van der Waals surface area (Å²) < 4.78 is 0. The maximum atomic E-state index is 5.75. The predicted molar refractivity (Wildman–Crippen MR) is 39.7 cm³/mol. The first kappa shape index (κ1) is 5.80. The molecule has 0 bridgehead atoms. The second kappa shape index (κ2) is 2.02. The number of fused-ring (bicyclic) bond motifs is 1. The summed E-state index contributed by atoms with van der Waals surface area (Å²) in [7, 11) is 0. The van der Waals surface area contributed by atoms with Gasteiger partial charge < -0.3 is 10.7 Å². The van der Waals surface area contributed by atoms with Gasteiger partial charge in [-0.25, -0.2) is 5.43 Å². The van der Waals surface area contributed by atoms with Gasteiger partial charge >= 0.3 is 0 Å². The molecule has 0 spiro atoms. The van der Waals surface area contributed by atoms with Crippen LogP contribution in [0.3, 0.4) is 0 Å². The highest BCUT2D eigenvalue weighted by atomic mass is 15.5. The van der Waals surface area contributed by atoms with Gasteiger partial charge in [-0.05, 0) is 18.6 Å². The van der Waals surface area contributed by atoms with Crippen molar-refractivity contribution in [3.05, 3.63) is 24.0 Å². The highest BCUT2D eigenvalue weighted by molar-refractivity contribution is 5.21. The lowest BCUT2D eigenvalue weighted by atomic mass is 10.1. The molecule has 0 radical (unpaired) electrons. The summed E-state index contributed by atoms with van der Waals surface area (Å²) in [4.78, 5) is 0. The summed E-state index contributed by atoms with van der Waals surface area (Å²) in [5.74, 6) is 0. The van der Waals surface area contributed by atoms with Gasteiger partial charge in [0, 0.05) is 18.4 Å². The molecule has 54 valence electrons. The first-order valence-corrected chi connectivity index (χ1v) is 3.53. The van der Waals surface area contributed by atoms with E-state index in [0.717, 1.165) is 18.7 Å². The molecule has 0 amide bonds. The standard InChI is InChI=1S/C7H11N3/c8-6-2-1-5-10-7(6)3-4-9-10/h1-2,5,7,9H,3-4,8H2. The van der Waals surface area contributed by atoms with Crippen LogP contribution in [-0.2, 0) is 0 Å². The van der Waals surface area contributed by atoms with E-state index in [0.29, 0.717) is 6.04 Å². The van der Waals surface area contributed by atoms with Crippen LogP contribution in [0.5, 0.6) is 0 Å². The summed E-state index contributed by atoms with van der Waals surface area (Å²) in [5.41, 5.74) is 9.93. The van der Waals surface area contributed by atoms with E-state index in [1.165, 1.54) is 0 Å². The third kappa shape index (κ3) is 0.708. The molecule has 10 heavy (non-hydrogen) atoms. The first-order valence-electron chi connectivity index (χ1n) is 3.53. The van der Waals surface area contributed by atoms with Crippen LogP contribution >= 0.6 is 0 Å². The van der Waals surface area contributed by atoms with Crippen LogP contribution in [0.25, 0.3) is 0 Å². The molecule has 1 fully saturated rings. The molecule has 0 aromatic rings. The Balaban J connectivity index is 2.24. The molecule has 0 aromatic carbocycles. The van der Waals surface area contributed by atoms with Crippen molar-refractivity contribution >= 4 is 0 Å². The summed E-state index contributed by atoms with van der Waals surface area (Å²) >= 11 is 0. The van der Waals surface area contributed by atoms with Gasteiger partial charge in [0.25, 0.3) is 0 Å². The zero-order valence-corrected chi connectivity index (χ0v) is 5.75. The second-order valence-corrected chi connectivity index (χ2v) is 2.63. The molecule has 3 nitrogen and oxygen atoms in total. The normalized spacial score (nSPS) is 30.2. The van der Waals surface area contributed by atoms with Gasteiger partial charge in [0.15, 0.2) is 0 Å². The maximum Gasteiger partial charge on any atom is 0.0853 e. The molecule has 0 aromatic heterocycles. The molecule has 0 saturated carbocycles. The Labute approximate surface area is 60.2 Å². The van der Waals surface area contributed by atoms with E-state index in [-0.39, 0.29) is 0 Å². The first-order chi connectivity index (χ1) is 4.88. The Morgan fingerprint density at radius 1 is 1.70 bits per heavy atom. The molecule has 0 aliphatic carbocycles. The summed E-state index contributed by atoms with van der Waals surface area (Å²) in [6, 6.07) is 0.407. The summed E-state index contributed by atoms with van der Waals surface area (Å²) in [5, 5.41) is 2.06. The van der Waals surface area contributed by atoms with E-state index in [1.807, 2.05) is 18.4 Å². The number of hydrogen-bond acceptors (Lipinski definition) is 3. The molecular weight excluding hydrogens is 126 g/mol. The molecule has 1 saturated heterocycles. The van der Waals surface area contributed by atoms with Gasteiger partial charge in [-0.1, -0.05) is 0 Å². The van der Waals surface area contributed by atoms with Crippen LogP contribution in [0.1, 0.15) is 6.42 Å². The second-order valence-electron chi connectivity index (χ2n) is 2.63. The van der Waals surface area contributed by atoms with Crippen molar-refractivity contribution in [2.75, 3.05) is 6.54 Å². The topological polar surface area (TPSA) is 41.3 Å². The lowest BCUT2D eigenvalue weighted by molar-refractivity contribution is 0.296. The van der Waals surface area contributed by atoms with Gasteiger partial charge in [-0.15, -0.1) is 0 Å². The Morgan fingerprint density at radius 2 is 2.60 bits per heavy atom. The number of nitrogens with one attached hydrogen (secondary N) is 1. The molecule has 2 aliphatic rings. The average Bonchev–Trinajstić information content (AvgIpc) is 2.36. The van der Waals surface area contributed by atoms with Gasteiger partial charge in [-0.3, -0.25) is 0 Å². The Morgan fingerprint density at radius 3 is 3.40 bits per heavy atom. The monoisotopic (exact) mass is 137 g/mol. The predicted octanol–water partition coefficient (Wildman–Crippen LogP) is -0.0648. The fourth-order valence-electron chi connectivity index (χ4n) is 1.42. The maximum absolute atomic E-state index is 5.75. The van der Waals surface area contributed by atoms with Crippen molar-refractivity contribution in [2.24, 2.45) is 5.73 Å². The SMILES string of the molecule is NC1=CC=CN2NCCC12. The van der Waals surface area contributed by atoms with Crippen LogP contribution < -0.4 is 11.2 Å². The van der Waals surface area contributed by atoms with Crippen molar-refractivity contribution in [2.45, 2.75) is 12.5 Å². The quantitative estimate of drug-likeness (QED) is 0.491. The van der Waals surface area contributed by atoms with Crippen molar-refractivity contribution in [1.82, 2.24) is 10.4 Å². The lowest BCUT2D eigenvalue weighted by Crippen LogP contribution is -2.36. The van der Waals surface area contributed by atoms with E-state index < -0.39 is 0 Å². The molecule has 1 atom stereocenters. The number of allylic oxidation sites excluding steroid dienone is 2. The summed E-state index contributed by atoms with van der Waals surface area (Å²) in [6.07, 6.45) is 7.07. The minimum absolute atomic E-state index is 0.407. The lowest BCUT2D eigenvalue weighted by Gasteiger charge is -2.24. The summed E-state index contributed by atoms with van der Waals surface area (Å²) in [6.45, 7) is 1.03. The van der Waals surface area contributed by atoms with Crippen LogP contribution in [0, 0.1) is 0 Å². The van der Waals surface area contributed by atoms with Crippen LogP contribution in [0.4, 0.5) is 0 Å². The molecule has 2 rings (SSSR count). The number of nitrogens with two attached hydrogens (primary N) is 1. The zero-order valence-electron chi connectivity index (χ0n) is 5.75. The van der Waals surface area contributed by atoms with E-state index in [2.05, 4.69) is 10.4 Å². The number of hydrazine groups is 1. The molecule has 3 N–H and O–H groups in total.